The second kappa shape index (κ2) is 4.47. The number of halogens is 1. The topological polar surface area (TPSA) is 17.1 Å². The molecule has 1 fully saturated rings. The van der Waals surface area contributed by atoms with Crippen LogP contribution in [0.2, 0.25) is 0 Å². The third-order valence-electron chi connectivity index (χ3n) is 2.66. The molecule has 1 rings (SSSR count). The monoisotopic (exact) mass is 158 g/mol. The minimum absolute atomic E-state index is 0.0231. The number of alkyl halides is 1. The first-order valence-corrected chi connectivity index (χ1v) is 4.38. The summed E-state index contributed by atoms with van der Waals surface area (Å²) in [7, 11) is 0. The highest BCUT2D eigenvalue weighted by molar-refractivity contribution is 5.49. The van der Waals surface area contributed by atoms with Crippen LogP contribution in [-0.4, -0.2) is 13.0 Å². The predicted molar refractivity (Wildman–Crippen MR) is 42.1 cm³/mol. The molecule has 0 aromatic rings. The molecule has 0 spiro atoms. The second-order valence-corrected chi connectivity index (χ2v) is 3.36. The summed E-state index contributed by atoms with van der Waals surface area (Å²) in [5, 5.41) is 0. The quantitative estimate of drug-likeness (QED) is 0.574. The zero-order valence-electron chi connectivity index (χ0n) is 6.76. The van der Waals surface area contributed by atoms with Crippen LogP contribution in [0.25, 0.3) is 0 Å². The van der Waals surface area contributed by atoms with Crippen LogP contribution >= 0.6 is 0 Å². The lowest BCUT2D eigenvalue weighted by Crippen LogP contribution is -2.14. The summed E-state index contributed by atoms with van der Waals surface area (Å²) >= 11 is 0. The molecule has 1 aliphatic rings. The van der Waals surface area contributed by atoms with Crippen molar-refractivity contribution in [2.45, 2.75) is 32.1 Å². The highest BCUT2D eigenvalue weighted by Gasteiger charge is 2.24. The predicted octanol–water partition coefficient (Wildman–Crippen LogP) is 2.35. The van der Waals surface area contributed by atoms with Crippen molar-refractivity contribution in [1.82, 2.24) is 0 Å². The van der Waals surface area contributed by atoms with Crippen molar-refractivity contribution in [2.24, 2.45) is 11.8 Å². The van der Waals surface area contributed by atoms with Crippen LogP contribution in [0.15, 0.2) is 0 Å². The van der Waals surface area contributed by atoms with E-state index >= 15 is 0 Å². The summed E-state index contributed by atoms with van der Waals surface area (Å²) in [5.74, 6) is 0.514. The standard InChI is InChI=1S/C9H15FO/c10-7-9(5-6-11)8-3-1-2-4-8/h6,8-9H,1-5,7H2. The van der Waals surface area contributed by atoms with Gasteiger partial charge in [0.25, 0.3) is 0 Å². The zero-order valence-corrected chi connectivity index (χ0v) is 6.76. The summed E-state index contributed by atoms with van der Waals surface area (Å²) < 4.78 is 12.3. The van der Waals surface area contributed by atoms with Gasteiger partial charge in [0.05, 0.1) is 6.67 Å². The summed E-state index contributed by atoms with van der Waals surface area (Å²) in [6, 6.07) is 0. The molecule has 0 saturated heterocycles. The molecule has 1 unspecified atom stereocenters. The lowest BCUT2D eigenvalue weighted by Gasteiger charge is -2.16. The Kier molecular flexibility index (Phi) is 3.53. The maximum absolute atomic E-state index is 12.3. The maximum atomic E-state index is 12.3. The number of rotatable bonds is 4. The van der Waals surface area contributed by atoms with Crippen molar-refractivity contribution in [3.05, 3.63) is 0 Å². The van der Waals surface area contributed by atoms with E-state index in [4.69, 9.17) is 0 Å². The van der Waals surface area contributed by atoms with Gasteiger partial charge < -0.3 is 4.79 Å². The lowest BCUT2D eigenvalue weighted by atomic mass is 9.90. The molecule has 1 saturated carbocycles. The van der Waals surface area contributed by atoms with Crippen molar-refractivity contribution in [3.8, 4) is 0 Å². The van der Waals surface area contributed by atoms with E-state index in [1.165, 1.54) is 12.8 Å². The van der Waals surface area contributed by atoms with Gasteiger partial charge in [-0.3, -0.25) is 4.39 Å². The molecular formula is C9H15FO. The number of carbonyl (C=O) groups excluding carboxylic acids is 1. The Labute approximate surface area is 67.0 Å². The van der Waals surface area contributed by atoms with Crippen LogP contribution in [0.5, 0.6) is 0 Å². The first-order valence-electron chi connectivity index (χ1n) is 4.38. The maximum Gasteiger partial charge on any atom is 0.120 e. The van der Waals surface area contributed by atoms with Gasteiger partial charge >= 0.3 is 0 Å². The molecule has 0 heterocycles. The molecule has 1 nitrogen and oxygen atoms in total. The van der Waals surface area contributed by atoms with Crippen molar-refractivity contribution >= 4 is 6.29 Å². The number of aldehydes is 1. The molecule has 0 aromatic heterocycles. The van der Waals surface area contributed by atoms with E-state index in [9.17, 15) is 9.18 Å². The molecule has 64 valence electrons. The van der Waals surface area contributed by atoms with Gasteiger partial charge in [0.1, 0.15) is 6.29 Å². The normalized spacial score (nSPS) is 21.9. The molecule has 0 N–H and O–H groups in total. The van der Waals surface area contributed by atoms with E-state index < -0.39 is 0 Å². The molecule has 0 radical (unpaired) electrons. The number of hydrogen-bond donors (Lipinski definition) is 0. The molecule has 0 aromatic carbocycles. The molecule has 0 bridgehead atoms. The molecule has 0 aliphatic heterocycles. The Morgan fingerprint density at radius 2 is 2.09 bits per heavy atom. The average Bonchev–Trinajstić information content (AvgIpc) is 2.52. The van der Waals surface area contributed by atoms with Gasteiger partial charge in [0.2, 0.25) is 0 Å². The summed E-state index contributed by atoms with van der Waals surface area (Å²) in [4.78, 5) is 10.2. The van der Waals surface area contributed by atoms with Crippen LogP contribution in [0, 0.1) is 11.8 Å². The van der Waals surface area contributed by atoms with Crippen LogP contribution in [0.1, 0.15) is 32.1 Å². The van der Waals surface area contributed by atoms with Crippen LogP contribution in [0.4, 0.5) is 4.39 Å². The minimum atomic E-state index is -0.316. The van der Waals surface area contributed by atoms with Gasteiger partial charge in [-0.1, -0.05) is 25.7 Å². The van der Waals surface area contributed by atoms with E-state index in [-0.39, 0.29) is 12.6 Å². The van der Waals surface area contributed by atoms with Crippen molar-refractivity contribution < 1.29 is 9.18 Å². The first-order chi connectivity index (χ1) is 5.38. The largest absolute Gasteiger partial charge is 0.303 e. The van der Waals surface area contributed by atoms with E-state index in [1.807, 2.05) is 0 Å². The summed E-state index contributed by atoms with van der Waals surface area (Å²) in [6.45, 7) is -0.316. The van der Waals surface area contributed by atoms with Gasteiger partial charge in [-0.25, -0.2) is 0 Å². The number of hydrogen-bond acceptors (Lipinski definition) is 1. The molecule has 1 aliphatic carbocycles. The number of carbonyl (C=O) groups is 1. The van der Waals surface area contributed by atoms with E-state index in [0.717, 1.165) is 19.1 Å². The van der Waals surface area contributed by atoms with Crippen molar-refractivity contribution in [3.63, 3.8) is 0 Å². The highest BCUT2D eigenvalue weighted by Crippen LogP contribution is 2.32. The first kappa shape index (κ1) is 8.69. The Morgan fingerprint density at radius 1 is 1.45 bits per heavy atom. The smallest absolute Gasteiger partial charge is 0.120 e. The van der Waals surface area contributed by atoms with Crippen LogP contribution in [-0.2, 0) is 4.79 Å². The Hall–Kier alpha value is -0.400. The van der Waals surface area contributed by atoms with E-state index in [0.29, 0.717) is 12.3 Å². The molecule has 2 heteroatoms. The lowest BCUT2D eigenvalue weighted by molar-refractivity contribution is -0.109. The van der Waals surface area contributed by atoms with Gasteiger partial charge in [-0.2, -0.15) is 0 Å². The molecule has 0 amide bonds. The van der Waals surface area contributed by atoms with Crippen LogP contribution in [0.3, 0.4) is 0 Å². The summed E-state index contributed by atoms with van der Waals surface area (Å²) in [6.07, 6.45) is 5.97. The molecular weight excluding hydrogens is 143 g/mol. The van der Waals surface area contributed by atoms with Crippen LogP contribution < -0.4 is 0 Å². The minimum Gasteiger partial charge on any atom is -0.303 e. The molecule has 11 heavy (non-hydrogen) atoms. The Balaban J connectivity index is 2.33. The fraction of sp³-hybridized carbons (Fsp3) is 0.889. The van der Waals surface area contributed by atoms with E-state index in [2.05, 4.69) is 0 Å². The second-order valence-electron chi connectivity index (χ2n) is 3.36. The van der Waals surface area contributed by atoms with Gasteiger partial charge in [-0.15, -0.1) is 0 Å². The molecule has 1 atom stereocenters. The fourth-order valence-corrected chi connectivity index (χ4v) is 1.93. The van der Waals surface area contributed by atoms with Crippen molar-refractivity contribution in [1.29, 1.82) is 0 Å². The third-order valence-corrected chi connectivity index (χ3v) is 2.66. The Morgan fingerprint density at radius 3 is 2.55 bits per heavy atom. The summed E-state index contributed by atoms with van der Waals surface area (Å²) in [5.41, 5.74) is 0. The third kappa shape index (κ3) is 2.28. The highest BCUT2D eigenvalue weighted by atomic mass is 19.1. The van der Waals surface area contributed by atoms with Gasteiger partial charge in [0.15, 0.2) is 0 Å². The average molecular weight is 158 g/mol. The zero-order chi connectivity index (χ0) is 8.10. The van der Waals surface area contributed by atoms with E-state index in [1.54, 1.807) is 0 Å². The van der Waals surface area contributed by atoms with Crippen molar-refractivity contribution in [2.75, 3.05) is 6.67 Å². The van der Waals surface area contributed by atoms with Gasteiger partial charge in [-0.05, 0) is 11.8 Å². The Bertz CT molecular complexity index is 119. The van der Waals surface area contributed by atoms with Gasteiger partial charge in [0, 0.05) is 6.42 Å². The fourth-order valence-electron chi connectivity index (χ4n) is 1.93. The SMILES string of the molecule is O=CCC(CF)C1CCCC1.